The molecule has 0 aliphatic carbocycles. The summed E-state index contributed by atoms with van der Waals surface area (Å²) in [5.74, 6) is -0.394. The molecular formula is C22H27F2N3O3. The molecule has 2 aromatic rings. The molecule has 1 fully saturated rings. The molecule has 1 amide bonds. The molecule has 162 valence electrons. The summed E-state index contributed by atoms with van der Waals surface area (Å²) < 4.78 is 35.0. The molecule has 1 saturated heterocycles. The van der Waals surface area contributed by atoms with Crippen molar-refractivity contribution in [1.29, 1.82) is 0 Å². The molecule has 1 aliphatic heterocycles. The van der Waals surface area contributed by atoms with Crippen LogP contribution in [0, 0.1) is 0 Å². The topological polar surface area (TPSA) is 62.8 Å². The minimum Gasteiger partial charge on any atom is -0.433 e. The number of rotatable bonds is 9. The summed E-state index contributed by atoms with van der Waals surface area (Å²) in [6.45, 7) is 3.42. The van der Waals surface area contributed by atoms with Crippen LogP contribution < -0.4 is 15.4 Å². The highest BCUT2D eigenvalue weighted by atomic mass is 19.3. The quantitative estimate of drug-likeness (QED) is 0.654. The van der Waals surface area contributed by atoms with Gasteiger partial charge in [-0.05, 0) is 30.2 Å². The van der Waals surface area contributed by atoms with Crippen LogP contribution in [0.2, 0.25) is 0 Å². The van der Waals surface area contributed by atoms with Gasteiger partial charge in [-0.2, -0.15) is 8.78 Å². The van der Waals surface area contributed by atoms with Gasteiger partial charge in [0.05, 0.1) is 24.9 Å². The molecule has 3 rings (SSSR count). The highest BCUT2D eigenvalue weighted by Crippen LogP contribution is 2.25. The second-order valence-corrected chi connectivity index (χ2v) is 7.12. The standard InChI is InChI=1S/C22H27F2N3O3/c1-16(21(28)26-19-8-4-5-9-20(19)30-22(23)24)25-14-17-6-2-3-7-18(17)15-27-10-12-29-13-11-27/h2-9,16,22,25H,10-15H2,1H3,(H,26,28)/t16-/m0/s1. The number of nitrogens with zero attached hydrogens (tertiary/aromatic N) is 1. The van der Waals surface area contributed by atoms with Gasteiger partial charge in [0.15, 0.2) is 0 Å². The van der Waals surface area contributed by atoms with Gasteiger partial charge in [-0.25, -0.2) is 0 Å². The van der Waals surface area contributed by atoms with Crippen LogP contribution in [0.5, 0.6) is 5.75 Å². The molecule has 8 heteroatoms. The van der Waals surface area contributed by atoms with Crippen molar-refractivity contribution in [2.24, 2.45) is 0 Å². The highest BCUT2D eigenvalue weighted by molar-refractivity contribution is 5.95. The number of nitrogens with one attached hydrogen (secondary N) is 2. The smallest absolute Gasteiger partial charge is 0.387 e. The second kappa shape index (κ2) is 11.0. The number of hydrogen-bond donors (Lipinski definition) is 2. The lowest BCUT2D eigenvalue weighted by atomic mass is 10.1. The zero-order chi connectivity index (χ0) is 21.3. The monoisotopic (exact) mass is 419 g/mol. The number of ether oxygens (including phenoxy) is 2. The molecule has 1 aliphatic rings. The molecule has 30 heavy (non-hydrogen) atoms. The van der Waals surface area contributed by atoms with Crippen LogP contribution in [-0.4, -0.2) is 49.8 Å². The average Bonchev–Trinajstić information content (AvgIpc) is 2.74. The van der Waals surface area contributed by atoms with Crippen molar-refractivity contribution in [3.8, 4) is 5.75 Å². The summed E-state index contributed by atoms with van der Waals surface area (Å²) >= 11 is 0. The van der Waals surface area contributed by atoms with Crippen molar-refractivity contribution >= 4 is 11.6 Å². The maximum absolute atomic E-state index is 12.6. The molecule has 2 N–H and O–H groups in total. The van der Waals surface area contributed by atoms with E-state index >= 15 is 0 Å². The van der Waals surface area contributed by atoms with E-state index in [9.17, 15) is 13.6 Å². The summed E-state index contributed by atoms with van der Waals surface area (Å²) in [5, 5.41) is 5.86. The Morgan fingerprint density at radius 1 is 1.10 bits per heavy atom. The Morgan fingerprint density at radius 3 is 2.50 bits per heavy atom. The van der Waals surface area contributed by atoms with Gasteiger partial charge >= 0.3 is 6.61 Å². The number of hydrogen-bond acceptors (Lipinski definition) is 5. The van der Waals surface area contributed by atoms with Gasteiger partial charge in [0.1, 0.15) is 5.75 Å². The van der Waals surface area contributed by atoms with Gasteiger partial charge in [0, 0.05) is 26.2 Å². The molecule has 6 nitrogen and oxygen atoms in total. The molecule has 0 bridgehead atoms. The summed E-state index contributed by atoms with van der Waals surface area (Å²) in [5.41, 5.74) is 2.53. The van der Waals surface area contributed by atoms with E-state index in [2.05, 4.69) is 26.3 Å². The Labute approximate surface area is 175 Å². The summed E-state index contributed by atoms with van der Waals surface area (Å²) in [6.07, 6.45) is 0. The minimum absolute atomic E-state index is 0.0658. The van der Waals surface area contributed by atoms with Gasteiger partial charge < -0.3 is 20.1 Å². The van der Waals surface area contributed by atoms with E-state index in [0.29, 0.717) is 6.54 Å². The fourth-order valence-corrected chi connectivity index (χ4v) is 3.25. The Balaban J connectivity index is 1.57. The van der Waals surface area contributed by atoms with E-state index in [1.165, 1.54) is 17.7 Å². The SMILES string of the molecule is C[C@H](NCc1ccccc1CN1CCOCC1)C(=O)Nc1ccccc1OC(F)F. The summed E-state index contributed by atoms with van der Waals surface area (Å²) in [6, 6.07) is 13.7. The van der Waals surface area contributed by atoms with E-state index in [-0.39, 0.29) is 17.3 Å². The number of carbonyl (C=O) groups is 1. The molecule has 0 aromatic heterocycles. The first-order valence-corrected chi connectivity index (χ1v) is 9.98. The second-order valence-electron chi connectivity index (χ2n) is 7.12. The fourth-order valence-electron chi connectivity index (χ4n) is 3.25. The first kappa shape index (κ1) is 22.1. The van der Waals surface area contributed by atoms with Crippen LogP contribution >= 0.6 is 0 Å². The zero-order valence-electron chi connectivity index (χ0n) is 16.9. The van der Waals surface area contributed by atoms with E-state index < -0.39 is 12.7 Å². The van der Waals surface area contributed by atoms with Gasteiger partial charge in [0.2, 0.25) is 5.91 Å². The van der Waals surface area contributed by atoms with Crippen LogP contribution in [0.15, 0.2) is 48.5 Å². The van der Waals surface area contributed by atoms with Crippen LogP contribution in [0.3, 0.4) is 0 Å². The number of anilines is 1. The largest absolute Gasteiger partial charge is 0.433 e. The third-order valence-electron chi connectivity index (χ3n) is 4.97. The predicted octanol–water partition coefficient (Wildman–Crippen LogP) is 3.24. The molecule has 0 radical (unpaired) electrons. The van der Waals surface area contributed by atoms with Gasteiger partial charge in [-0.1, -0.05) is 36.4 Å². The normalized spacial score (nSPS) is 15.7. The minimum atomic E-state index is -2.96. The van der Waals surface area contributed by atoms with Gasteiger partial charge in [0.25, 0.3) is 0 Å². The van der Waals surface area contributed by atoms with Crippen LogP contribution in [0.25, 0.3) is 0 Å². The maximum atomic E-state index is 12.6. The maximum Gasteiger partial charge on any atom is 0.387 e. The van der Waals surface area contributed by atoms with E-state index in [0.717, 1.165) is 38.4 Å². The first-order valence-electron chi connectivity index (χ1n) is 9.98. The average molecular weight is 419 g/mol. The van der Waals surface area contributed by atoms with Crippen molar-refractivity contribution in [1.82, 2.24) is 10.2 Å². The van der Waals surface area contributed by atoms with Crippen LogP contribution in [0.4, 0.5) is 14.5 Å². The molecule has 1 heterocycles. The number of carbonyl (C=O) groups excluding carboxylic acids is 1. The number of amides is 1. The molecule has 0 saturated carbocycles. The summed E-state index contributed by atoms with van der Waals surface area (Å²) in [7, 11) is 0. The third kappa shape index (κ3) is 6.48. The number of halogens is 2. The van der Waals surface area contributed by atoms with Crippen LogP contribution in [-0.2, 0) is 22.6 Å². The molecule has 1 atom stereocenters. The molecule has 0 unspecified atom stereocenters. The van der Waals surface area contributed by atoms with E-state index in [4.69, 9.17) is 4.74 Å². The number of benzene rings is 2. The van der Waals surface area contributed by atoms with Gasteiger partial charge in [-0.15, -0.1) is 0 Å². The number of alkyl halides is 2. The molecular weight excluding hydrogens is 392 g/mol. The Hall–Kier alpha value is -2.55. The lowest BCUT2D eigenvalue weighted by Gasteiger charge is -2.27. The predicted molar refractivity (Wildman–Crippen MR) is 111 cm³/mol. The number of morpholine rings is 1. The lowest BCUT2D eigenvalue weighted by Crippen LogP contribution is -2.38. The van der Waals surface area contributed by atoms with Crippen LogP contribution in [0.1, 0.15) is 18.1 Å². The van der Waals surface area contributed by atoms with E-state index in [1.54, 1.807) is 19.1 Å². The highest BCUT2D eigenvalue weighted by Gasteiger charge is 2.17. The summed E-state index contributed by atoms with van der Waals surface area (Å²) in [4.78, 5) is 14.9. The van der Waals surface area contributed by atoms with E-state index in [1.807, 2.05) is 18.2 Å². The molecule has 0 spiro atoms. The van der Waals surface area contributed by atoms with Gasteiger partial charge in [-0.3, -0.25) is 9.69 Å². The van der Waals surface area contributed by atoms with Crippen molar-refractivity contribution in [2.45, 2.75) is 32.7 Å². The number of para-hydroxylation sites is 2. The Kier molecular flexibility index (Phi) is 8.12. The Bertz CT molecular complexity index is 829. The third-order valence-corrected chi connectivity index (χ3v) is 4.97. The van der Waals surface area contributed by atoms with Crippen molar-refractivity contribution in [3.05, 3.63) is 59.7 Å². The van der Waals surface area contributed by atoms with Crippen molar-refractivity contribution < 1.29 is 23.0 Å². The van der Waals surface area contributed by atoms with Crippen molar-refractivity contribution in [2.75, 3.05) is 31.6 Å². The molecule has 2 aromatic carbocycles. The first-order chi connectivity index (χ1) is 14.5. The Morgan fingerprint density at radius 2 is 1.77 bits per heavy atom. The zero-order valence-corrected chi connectivity index (χ0v) is 16.9. The fraction of sp³-hybridized carbons (Fsp3) is 0.409. The lowest BCUT2D eigenvalue weighted by molar-refractivity contribution is -0.117. The van der Waals surface area contributed by atoms with Crippen molar-refractivity contribution in [3.63, 3.8) is 0 Å².